The van der Waals surface area contributed by atoms with Gasteiger partial charge in [-0.1, -0.05) is 13.3 Å². The molecule has 1 heterocycles. The fourth-order valence-electron chi connectivity index (χ4n) is 2.34. The Morgan fingerprint density at radius 2 is 2.14 bits per heavy atom. The zero-order valence-electron chi connectivity index (χ0n) is 10.3. The van der Waals surface area contributed by atoms with Crippen LogP contribution in [0.15, 0.2) is 0 Å². The van der Waals surface area contributed by atoms with E-state index >= 15 is 0 Å². The minimum Gasteiger partial charge on any atom is -0.314 e. The molecule has 1 unspecified atom stereocenters. The Morgan fingerprint density at radius 3 is 2.71 bits per heavy atom. The monoisotopic (exact) mass is 198 g/mol. The number of likely N-dealkylation sites (tertiary alicyclic amines) is 1. The van der Waals surface area contributed by atoms with Crippen molar-refractivity contribution in [1.82, 2.24) is 10.2 Å². The van der Waals surface area contributed by atoms with Gasteiger partial charge >= 0.3 is 0 Å². The molecule has 1 saturated heterocycles. The van der Waals surface area contributed by atoms with Gasteiger partial charge in [0.25, 0.3) is 0 Å². The van der Waals surface area contributed by atoms with E-state index in [1.165, 1.54) is 38.9 Å². The largest absolute Gasteiger partial charge is 0.314 e. The smallest absolute Gasteiger partial charge is 0.0249 e. The molecule has 1 rings (SSSR count). The quantitative estimate of drug-likeness (QED) is 0.728. The number of nitrogens with one attached hydrogen (secondary N) is 1. The van der Waals surface area contributed by atoms with Crippen molar-refractivity contribution in [3.8, 4) is 0 Å². The van der Waals surface area contributed by atoms with Crippen LogP contribution >= 0.6 is 0 Å². The van der Waals surface area contributed by atoms with Crippen LogP contribution < -0.4 is 5.32 Å². The third-order valence-corrected chi connectivity index (χ3v) is 3.36. The molecule has 0 bridgehead atoms. The summed E-state index contributed by atoms with van der Waals surface area (Å²) in [6, 6.07) is 0. The highest BCUT2D eigenvalue weighted by molar-refractivity contribution is 4.84. The summed E-state index contributed by atoms with van der Waals surface area (Å²) in [4.78, 5) is 2.61. The molecule has 14 heavy (non-hydrogen) atoms. The lowest BCUT2D eigenvalue weighted by Gasteiger charge is -2.29. The summed E-state index contributed by atoms with van der Waals surface area (Å²) in [7, 11) is 2.06. The Kier molecular flexibility index (Phi) is 4.39. The lowest BCUT2D eigenvalue weighted by atomic mass is 10.0. The summed E-state index contributed by atoms with van der Waals surface area (Å²) in [6.07, 6.45) is 4.16. The molecule has 0 aliphatic carbocycles. The maximum absolute atomic E-state index is 3.37. The van der Waals surface area contributed by atoms with Gasteiger partial charge in [0.1, 0.15) is 0 Å². The number of hydrogen-bond acceptors (Lipinski definition) is 2. The van der Waals surface area contributed by atoms with Crippen molar-refractivity contribution in [1.29, 1.82) is 0 Å². The first-order valence-electron chi connectivity index (χ1n) is 5.98. The highest BCUT2D eigenvalue weighted by Crippen LogP contribution is 2.22. The van der Waals surface area contributed by atoms with Crippen molar-refractivity contribution >= 4 is 0 Å². The predicted octanol–water partition coefficient (Wildman–Crippen LogP) is 2.11. The fourth-order valence-corrected chi connectivity index (χ4v) is 2.34. The van der Waals surface area contributed by atoms with Crippen LogP contribution in [-0.2, 0) is 0 Å². The molecule has 0 aromatic heterocycles. The highest BCUT2D eigenvalue weighted by Gasteiger charge is 2.26. The van der Waals surface area contributed by atoms with Gasteiger partial charge in [-0.3, -0.25) is 0 Å². The molecule has 1 aliphatic heterocycles. The summed E-state index contributed by atoms with van der Waals surface area (Å²) in [5.41, 5.74) is 0.265. The zero-order valence-corrected chi connectivity index (χ0v) is 10.3. The topological polar surface area (TPSA) is 15.3 Å². The van der Waals surface area contributed by atoms with Gasteiger partial charge in [-0.05, 0) is 46.2 Å². The van der Waals surface area contributed by atoms with Gasteiger partial charge in [-0.15, -0.1) is 0 Å². The van der Waals surface area contributed by atoms with Crippen molar-refractivity contribution < 1.29 is 0 Å². The zero-order chi connectivity index (χ0) is 10.6. The van der Waals surface area contributed by atoms with Gasteiger partial charge in [0.05, 0.1) is 0 Å². The minimum atomic E-state index is 0.265. The lowest BCUT2D eigenvalue weighted by molar-refractivity contribution is 0.236. The molecule has 1 aliphatic rings. The van der Waals surface area contributed by atoms with Gasteiger partial charge in [0.15, 0.2) is 0 Å². The normalized spacial score (nSPS) is 24.4. The lowest BCUT2D eigenvalue weighted by Crippen LogP contribution is -2.46. The van der Waals surface area contributed by atoms with Gasteiger partial charge in [-0.25, -0.2) is 0 Å². The molecule has 2 heteroatoms. The Labute approximate surface area is 89.1 Å². The van der Waals surface area contributed by atoms with Crippen LogP contribution in [0.3, 0.4) is 0 Å². The van der Waals surface area contributed by atoms with Crippen LogP contribution in [0.2, 0.25) is 0 Å². The first-order valence-corrected chi connectivity index (χ1v) is 5.98. The fraction of sp³-hybridized carbons (Fsp3) is 1.00. The Hall–Kier alpha value is -0.0800. The molecule has 2 nitrogen and oxygen atoms in total. The molecule has 0 radical (unpaired) electrons. The summed E-state index contributed by atoms with van der Waals surface area (Å²) >= 11 is 0. The molecule has 0 aromatic rings. The summed E-state index contributed by atoms with van der Waals surface area (Å²) in [5.74, 6) is 0.965. The van der Waals surface area contributed by atoms with Gasteiger partial charge in [-0.2, -0.15) is 0 Å². The second kappa shape index (κ2) is 5.13. The molecule has 0 saturated carbocycles. The van der Waals surface area contributed by atoms with E-state index < -0.39 is 0 Å². The van der Waals surface area contributed by atoms with Crippen molar-refractivity contribution in [2.24, 2.45) is 5.92 Å². The van der Waals surface area contributed by atoms with E-state index in [9.17, 15) is 0 Å². The van der Waals surface area contributed by atoms with E-state index in [1.807, 2.05) is 0 Å². The summed E-state index contributed by atoms with van der Waals surface area (Å²) in [6.45, 7) is 10.7. The second-order valence-corrected chi connectivity index (χ2v) is 5.31. The molecule has 1 fully saturated rings. The number of hydrogen-bond donors (Lipinski definition) is 1. The van der Waals surface area contributed by atoms with Gasteiger partial charge < -0.3 is 10.2 Å². The van der Waals surface area contributed by atoms with E-state index in [0.29, 0.717) is 0 Å². The predicted molar refractivity (Wildman–Crippen MR) is 62.6 cm³/mol. The maximum atomic E-state index is 3.37. The average Bonchev–Trinajstić information content (AvgIpc) is 2.53. The molecule has 1 atom stereocenters. The van der Waals surface area contributed by atoms with Crippen LogP contribution in [0, 0.1) is 5.92 Å². The molecule has 0 amide bonds. The van der Waals surface area contributed by atoms with Crippen molar-refractivity contribution in [3.05, 3.63) is 0 Å². The van der Waals surface area contributed by atoms with Crippen LogP contribution in [0.5, 0.6) is 0 Å². The Bertz CT molecular complexity index is 166. The first-order chi connectivity index (χ1) is 6.57. The van der Waals surface area contributed by atoms with E-state index in [1.54, 1.807) is 0 Å². The van der Waals surface area contributed by atoms with Crippen molar-refractivity contribution in [3.63, 3.8) is 0 Å². The maximum Gasteiger partial charge on any atom is 0.0249 e. The Balaban J connectivity index is 2.28. The molecule has 0 spiro atoms. The number of rotatable bonds is 5. The SMILES string of the molecule is CCCC1CCN(CC(C)(C)NC)C1. The van der Waals surface area contributed by atoms with E-state index in [4.69, 9.17) is 0 Å². The van der Waals surface area contributed by atoms with Gasteiger partial charge in [0, 0.05) is 18.6 Å². The molecular weight excluding hydrogens is 172 g/mol. The van der Waals surface area contributed by atoms with Crippen LogP contribution in [-0.4, -0.2) is 37.1 Å². The van der Waals surface area contributed by atoms with Crippen LogP contribution in [0.1, 0.15) is 40.0 Å². The van der Waals surface area contributed by atoms with E-state index in [-0.39, 0.29) is 5.54 Å². The molecule has 1 N–H and O–H groups in total. The number of nitrogens with zero attached hydrogens (tertiary/aromatic N) is 1. The molecule has 0 aromatic carbocycles. The summed E-state index contributed by atoms with van der Waals surface area (Å²) in [5, 5.41) is 3.37. The third kappa shape index (κ3) is 3.58. The van der Waals surface area contributed by atoms with E-state index in [2.05, 4.69) is 38.0 Å². The van der Waals surface area contributed by atoms with Crippen LogP contribution in [0.4, 0.5) is 0 Å². The average molecular weight is 198 g/mol. The second-order valence-electron chi connectivity index (χ2n) is 5.31. The highest BCUT2D eigenvalue weighted by atomic mass is 15.2. The van der Waals surface area contributed by atoms with Gasteiger partial charge in [0.2, 0.25) is 0 Å². The van der Waals surface area contributed by atoms with Crippen molar-refractivity contribution in [2.75, 3.05) is 26.7 Å². The first kappa shape index (κ1) is 12.0. The van der Waals surface area contributed by atoms with E-state index in [0.717, 1.165) is 5.92 Å². The minimum absolute atomic E-state index is 0.265. The van der Waals surface area contributed by atoms with Crippen molar-refractivity contribution in [2.45, 2.75) is 45.6 Å². The number of likely N-dealkylation sites (N-methyl/N-ethyl adjacent to an activating group) is 1. The molecule has 84 valence electrons. The third-order valence-electron chi connectivity index (χ3n) is 3.36. The standard InChI is InChI=1S/C12H26N2/c1-5-6-11-7-8-14(9-11)10-12(2,3)13-4/h11,13H,5-10H2,1-4H3. The summed E-state index contributed by atoms with van der Waals surface area (Å²) < 4.78 is 0. The molecular formula is C12H26N2. The Morgan fingerprint density at radius 1 is 1.43 bits per heavy atom. The van der Waals surface area contributed by atoms with Crippen LogP contribution in [0.25, 0.3) is 0 Å².